The zero-order chi connectivity index (χ0) is 16.9. The number of pyridine rings is 1. The maximum absolute atomic E-state index is 5.87. The Morgan fingerprint density at radius 2 is 2.04 bits per heavy atom. The van der Waals surface area contributed by atoms with Gasteiger partial charge in [-0.05, 0) is 30.0 Å². The normalized spacial score (nSPS) is 17.0. The predicted octanol–water partition coefficient (Wildman–Crippen LogP) is 4.42. The van der Waals surface area contributed by atoms with E-state index in [1.807, 2.05) is 24.5 Å². The second kappa shape index (κ2) is 7.85. The third-order valence-corrected chi connectivity index (χ3v) is 5.45. The highest BCUT2D eigenvalue weighted by Crippen LogP contribution is 2.29. The maximum Gasteiger partial charge on any atom is 0.168 e. The van der Waals surface area contributed by atoms with Gasteiger partial charge in [-0.2, -0.15) is 0 Å². The summed E-state index contributed by atoms with van der Waals surface area (Å²) in [7, 11) is 0. The monoisotopic (exact) mass is 351 g/mol. The maximum atomic E-state index is 5.87. The van der Waals surface area contributed by atoms with Gasteiger partial charge in [0.2, 0.25) is 0 Å². The molecule has 3 aromatic rings. The van der Waals surface area contributed by atoms with E-state index in [1.54, 1.807) is 18.0 Å². The van der Waals surface area contributed by atoms with Crippen molar-refractivity contribution in [3.05, 3.63) is 66.6 Å². The SMILES string of the molecule is c1ccc(-c2cnc(SCc3cccnc3)n2C[C@@H]2CCCO2)cc1. The zero-order valence-electron chi connectivity index (χ0n) is 14.0. The summed E-state index contributed by atoms with van der Waals surface area (Å²) in [4.78, 5) is 8.89. The van der Waals surface area contributed by atoms with Crippen molar-refractivity contribution < 1.29 is 4.74 Å². The van der Waals surface area contributed by atoms with E-state index in [4.69, 9.17) is 9.72 Å². The van der Waals surface area contributed by atoms with Crippen LogP contribution in [-0.4, -0.2) is 27.2 Å². The van der Waals surface area contributed by atoms with Gasteiger partial charge in [-0.25, -0.2) is 4.98 Å². The minimum Gasteiger partial charge on any atom is -0.376 e. The van der Waals surface area contributed by atoms with Gasteiger partial charge >= 0.3 is 0 Å². The Morgan fingerprint density at radius 3 is 2.80 bits per heavy atom. The molecule has 0 unspecified atom stereocenters. The topological polar surface area (TPSA) is 39.9 Å². The number of rotatable bonds is 6. The molecule has 0 N–H and O–H groups in total. The Morgan fingerprint density at radius 1 is 1.12 bits per heavy atom. The first-order valence-electron chi connectivity index (χ1n) is 8.64. The van der Waals surface area contributed by atoms with Crippen molar-refractivity contribution in [3.8, 4) is 11.3 Å². The van der Waals surface area contributed by atoms with Gasteiger partial charge in [-0.1, -0.05) is 48.2 Å². The molecule has 1 atom stereocenters. The first-order valence-corrected chi connectivity index (χ1v) is 9.63. The third-order valence-electron chi connectivity index (χ3n) is 4.39. The van der Waals surface area contributed by atoms with Crippen LogP contribution in [-0.2, 0) is 17.0 Å². The van der Waals surface area contributed by atoms with Crippen molar-refractivity contribution in [1.82, 2.24) is 14.5 Å². The van der Waals surface area contributed by atoms with E-state index in [-0.39, 0.29) is 6.10 Å². The highest BCUT2D eigenvalue weighted by atomic mass is 32.2. The number of ether oxygens (including phenoxy) is 1. The molecule has 1 aliphatic heterocycles. The van der Waals surface area contributed by atoms with Crippen LogP contribution in [0.2, 0.25) is 0 Å². The predicted molar refractivity (Wildman–Crippen MR) is 100 cm³/mol. The highest BCUT2D eigenvalue weighted by molar-refractivity contribution is 7.98. The van der Waals surface area contributed by atoms with Crippen LogP contribution < -0.4 is 0 Å². The van der Waals surface area contributed by atoms with Crippen molar-refractivity contribution in [2.24, 2.45) is 0 Å². The van der Waals surface area contributed by atoms with Crippen molar-refractivity contribution in [3.63, 3.8) is 0 Å². The summed E-state index contributed by atoms with van der Waals surface area (Å²) in [6.45, 7) is 1.73. The summed E-state index contributed by atoms with van der Waals surface area (Å²) in [5.41, 5.74) is 3.56. The second-order valence-corrected chi connectivity index (χ2v) is 7.13. The molecular weight excluding hydrogens is 330 g/mol. The Hall–Kier alpha value is -2.11. The van der Waals surface area contributed by atoms with Gasteiger partial charge in [-0.15, -0.1) is 0 Å². The highest BCUT2D eigenvalue weighted by Gasteiger charge is 2.20. The number of nitrogens with zero attached hydrogens (tertiary/aromatic N) is 3. The summed E-state index contributed by atoms with van der Waals surface area (Å²) in [5.74, 6) is 0.866. The molecule has 0 spiro atoms. The average molecular weight is 351 g/mol. The molecule has 3 heterocycles. The molecule has 4 nitrogen and oxygen atoms in total. The van der Waals surface area contributed by atoms with Crippen molar-refractivity contribution in [2.75, 3.05) is 6.61 Å². The van der Waals surface area contributed by atoms with Crippen LogP contribution in [0.4, 0.5) is 0 Å². The Bertz CT molecular complexity index is 798. The van der Waals surface area contributed by atoms with Crippen LogP contribution in [0.3, 0.4) is 0 Å². The van der Waals surface area contributed by atoms with Crippen molar-refractivity contribution >= 4 is 11.8 Å². The third kappa shape index (κ3) is 3.94. The van der Waals surface area contributed by atoms with E-state index in [0.717, 1.165) is 42.6 Å². The molecular formula is C20H21N3OS. The fourth-order valence-electron chi connectivity index (χ4n) is 3.11. The number of hydrogen-bond donors (Lipinski definition) is 0. The Labute approximate surface area is 152 Å². The quantitative estimate of drug-likeness (QED) is 0.617. The van der Waals surface area contributed by atoms with Gasteiger partial charge in [0.1, 0.15) is 0 Å². The van der Waals surface area contributed by atoms with Crippen LogP contribution in [0.15, 0.2) is 66.2 Å². The number of imidazole rings is 1. The van der Waals surface area contributed by atoms with Gasteiger partial charge in [0.25, 0.3) is 0 Å². The molecule has 1 aromatic carbocycles. The number of thioether (sulfide) groups is 1. The summed E-state index contributed by atoms with van der Waals surface area (Å²) >= 11 is 1.76. The molecule has 2 aromatic heterocycles. The largest absolute Gasteiger partial charge is 0.376 e. The van der Waals surface area contributed by atoms with Gasteiger partial charge in [0.15, 0.2) is 5.16 Å². The van der Waals surface area contributed by atoms with Crippen LogP contribution in [0.1, 0.15) is 18.4 Å². The number of benzene rings is 1. The number of hydrogen-bond acceptors (Lipinski definition) is 4. The minimum atomic E-state index is 0.286. The van der Waals surface area contributed by atoms with Crippen LogP contribution in [0.5, 0.6) is 0 Å². The van der Waals surface area contributed by atoms with E-state index in [1.165, 1.54) is 11.1 Å². The molecule has 128 valence electrons. The molecule has 5 heteroatoms. The zero-order valence-corrected chi connectivity index (χ0v) is 14.9. The molecule has 0 saturated carbocycles. The Balaban J connectivity index is 1.60. The smallest absolute Gasteiger partial charge is 0.168 e. The van der Waals surface area contributed by atoms with E-state index >= 15 is 0 Å². The van der Waals surface area contributed by atoms with E-state index in [0.29, 0.717) is 0 Å². The first-order chi connectivity index (χ1) is 12.4. The average Bonchev–Trinajstić information content (AvgIpc) is 3.32. The van der Waals surface area contributed by atoms with Gasteiger partial charge < -0.3 is 9.30 Å². The van der Waals surface area contributed by atoms with Crippen molar-refractivity contribution in [2.45, 2.75) is 36.4 Å². The lowest BCUT2D eigenvalue weighted by molar-refractivity contribution is 0.0954. The van der Waals surface area contributed by atoms with Gasteiger partial charge in [0.05, 0.1) is 24.5 Å². The van der Waals surface area contributed by atoms with E-state index < -0.39 is 0 Å². The molecule has 1 fully saturated rings. The lowest BCUT2D eigenvalue weighted by Crippen LogP contribution is -2.16. The Kier molecular flexibility index (Phi) is 5.14. The molecule has 25 heavy (non-hydrogen) atoms. The van der Waals surface area contributed by atoms with Crippen molar-refractivity contribution in [1.29, 1.82) is 0 Å². The minimum absolute atomic E-state index is 0.286. The second-order valence-electron chi connectivity index (χ2n) is 6.19. The molecule has 0 aliphatic carbocycles. The standard InChI is InChI=1S/C20H21N3OS/c1-2-7-17(8-3-1)19-13-22-20(23(19)14-18-9-5-11-24-18)25-15-16-6-4-10-21-12-16/h1-4,6-8,10,12-13,18H,5,9,11,14-15H2/t18-/m0/s1. The summed E-state index contributed by atoms with van der Waals surface area (Å²) in [6.07, 6.45) is 8.26. The lowest BCUT2D eigenvalue weighted by Gasteiger charge is -2.16. The molecule has 0 radical (unpaired) electrons. The lowest BCUT2D eigenvalue weighted by atomic mass is 10.1. The molecule has 0 amide bonds. The van der Waals surface area contributed by atoms with Crippen LogP contribution >= 0.6 is 11.8 Å². The molecule has 1 saturated heterocycles. The summed E-state index contributed by atoms with van der Waals surface area (Å²) < 4.78 is 8.18. The fraction of sp³-hybridized carbons (Fsp3) is 0.300. The van der Waals surface area contributed by atoms with Crippen LogP contribution in [0.25, 0.3) is 11.3 Å². The molecule has 1 aliphatic rings. The summed E-state index contributed by atoms with van der Waals surface area (Å²) in [5, 5.41) is 1.04. The van der Waals surface area contributed by atoms with E-state index in [9.17, 15) is 0 Å². The number of aromatic nitrogens is 3. The molecule has 4 rings (SSSR count). The molecule has 0 bridgehead atoms. The van der Waals surface area contributed by atoms with Crippen LogP contribution in [0, 0.1) is 0 Å². The van der Waals surface area contributed by atoms with Gasteiger partial charge in [-0.3, -0.25) is 4.98 Å². The summed E-state index contributed by atoms with van der Waals surface area (Å²) in [6, 6.07) is 14.5. The fourth-order valence-corrected chi connectivity index (χ4v) is 4.04. The van der Waals surface area contributed by atoms with E-state index in [2.05, 4.69) is 39.9 Å². The van der Waals surface area contributed by atoms with Gasteiger partial charge in [0, 0.05) is 24.8 Å². The first kappa shape index (κ1) is 16.4.